The van der Waals surface area contributed by atoms with E-state index in [1.54, 1.807) is 0 Å². The first-order valence-electron chi connectivity index (χ1n) is 17.3. The van der Waals surface area contributed by atoms with Crippen LogP contribution in [0, 0.1) is 0 Å². The Morgan fingerprint density at radius 1 is 0.490 bits per heavy atom. The van der Waals surface area contributed by atoms with Crippen molar-refractivity contribution in [3.8, 4) is 5.69 Å². The number of aliphatic imine (C=N–C) groups is 1. The van der Waals surface area contributed by atoms with E-state index in [1.165, 1.54) is 27.2 Å². The van der Waals surface area contributed by atoms with Gasteiger partial charge in [0.15, 0.2) is 0 Å². The second kappa shape index (κ2) is 10.8. The highest BCUT2D eigenvalue weighted by Crippen LogP contribution is 2.44. The van der Waals surface area contributed by atoms with Crippen LogP contribution in [0.25, 0.3) is 76.9 Å². The van der Waals surface area contributed by atoms with Crippen molar-refractivity contribution >= 4 is 77.2 Å². The van der Waals surface area contributed by atoms with E-state index in [9.17, 15) is 0 Å². The Morgan fingerprint density at radius 3 is 1.94 bits per heavy atom. The van der Waals surface area contributed by atoms with Gasteiger partial charge in [-0.2, -0.15) is 0 Å². The number of hydrogen-bond donors (Lipinski definition) is 1. The molecule has 240 valence electrons. The van der Waals surface area contributed by atoms with Gasteiger partial charge in [-0.3, -0.25) is 4.57 Å². The maximum absolute atomic E-state index is 6.52. The number of rotatable bonds is 3. The predicted octanol–water partition coefficient (Wildman–Crippen LogP) is 11.4. The van der Waals surface area contributed by atoms with Gasteiger partial charge in [0.05, 0.1) is 33.8 Å². The molecule has 10 aromatic rings. The first-order valence-corrected chi connectivity index (χ1v) is 17.3. The van der Waals surface area contributed by atoms with E-state index in [0.717, 1.165) is 66.8 Å². The number of hydrogen-bond acceptors (Lipinski definition) is 3. The monoisotopic (exact) mass is 654 g/mol. The molecule has 51 heavy (non-hydrogen) atoms. The highest BCUT2D eigenvalue weighted by atomic mass is 16.3. The van der Waals surface area contributed by atoms with E-state index < -0.39 is 0 Å². The molecule has 1 aliphatic rings. The topological polar surface area (TPSA) is 47.4 Å². The molecule has 0 saturated heterocycles. The highest BCUT2D eigenvalue weighted by Gasteiger charge is 2.26. The van der Waals surface area contributed by atoms with Crippen LogP contribution in [0.4, 0.5) is 0 Å². The fourth-order valence-electron chi connectivity index (χ4n) is 8.11. The molecule has 0 aliphatic carbocycles. The molecule has 0 radical (unpaired) electrons. The minimum atomic E-state index is -0.0800. The summed E-state index contributed by atoms with van der Waals surface area (Å²) < 4.78 is 11.2. The van der Waals surface area contributed by atoms with Crippen molar-refractivity contribution in [1.82, 2.24) is 14.5 Å². The van der Waals surface area contributed by atoms with E-state index in [0.29, 0.717) is 0 Å². The zero-order valence-corrected chi connectivity index (χ0v) is 27.5. The van der Waals surface area contributed by atoms with Crippen molar-refractivity contribution in [2.45, 2.75) is 6.04 Å². The minimum absolute atomic E-state index is 0.0800. The average molecular weight is 655 g/mol. The van der Waals surface area contributed by atoms with E-state index in [1.807, 2.05) is 12.1 Å². The molecule has 11 rings (SSSR count). The maximum Gasteiger partial charge on any atom is 0.209 e. The zero-order chi connectivity index (χ0) is 33.5. The Kier molecular flexibility index (Phi) is 5.95. The molecule has 1 unspecified atom stereocenters. The average Bonchev–Trinajstić information content (AvgIpc) is 3.85. The maximum atomic E-state index is 6.52. The lowest BCUT2D eigenvalue weighted by atomic mass is 10.0. The lowest BCUT2D eigenvalue weighted by Crippen LogP contribution is -2.35. The third kappa shape index (κ3) is 4.18. The normalized spacial score (nSPS) is 14.9. The molecular weight excluding hydrogens is 625 g/mol. The largest absolute Gasteiger partial charge is 0.456 e. The van der Waals surface area contributed by atoms with Crippen LogP contribution in [0.3, 0.4) is 0 Å². The number of furan rings is 1. The van der Waals surface area contributed by atoms with Gasteiger partial charge >= 0.3 is 0 Å². The summed E-state index contributed by atoms with van der Waals surface area (Å²) in [5, 5.41) is 10.8. The SMILES string of the molecule is C1=C(c2ccccc2)N=C(n2c3cc4c(cc3c3c5c6ccccc6n(-c6ccccc6)c5ccc32)oc2ccccc24)NC1c1ccccc1. The van der Waals surface area contributed by atoms with Gasteiger partial charge in [0, 0.05) is 43.6 Å². The van der Waals surface area contributed by atoms with Crippen molar-refractivity contribution in [2.24, 2.45) is 4.99 Å². The number of fused-ring (bicyclic) bond motifs is 10. The van der Waals surface area contributed by atoms with Crippen molar-refractivity contribution in [2.75, 3.05) is 0 Å². The van der Waals surface area contributed by atoms with Crippen molar-refractivity contribution in [3.05, 3.63) is 181 Å². The van der Waals surface area contributed by atoms with Gasteiger partial charge in [0.1, 0.15) is 11.2 Å². The smallest absolute Gasteiger partial charge is 0.209 e. The van der Waals surface area contributed by atoms with E-state index in [2.05, 4.69) is 172 Å². The van der Waals surface area contributed by atoms with Gasteiger partial charge in [-0.1, -0.05) is 115 Å². The molecule has 1 aliphatic heterocycles. The summed E-state index contributed by atoms with van der Waals surface area (Å²) >= 11 is 0. The lowest BCUT2D eigenvalue weighted by Gasteiger charge is -2.25. The van der Waals surface area contributed by atoms with Crippen molar-refractivity contribution < 1.29 is 4.42 Å². The second-order valence-electron chi connectivity index (χ2n) is 13.2. The summed E-state index contributed by atoms with van der Waals surface area (Å²) in [6, 6.07) is 57.7. The fraction of sp³-hybridized carbons (Fsp3) is 0.0217. The van der Waals surface area contributed by atoms with E-state index in [4.69, 9.17) is 9.41 Å². The third-order valence-electron chi connectivity index (χ3n) is 10.4. The first-order chi connectivity index (χ1) is 25.3. The molecule has 4 heterocycles. The van der Waals surface area contributed by atoms with E-state index in [-0.39, 0.29) is 6.04 Å². The molecule has 5 nitrogen and oxygen atoms in total. The molecule has 0 bridgehead atoms. The Morgan fingerprint density at radius 2 is 1.14 bits per heavy atom. The lowest BCUT2D eigenvalue weighted by molar-refractivity contribution is 0.669. The van der Waals surface area contributed by atoms with Gasteiger partial charge in [0.25, 0.3) is 0 Å². The van der Waals surface area contributed by atoms with Crippen LogP contribution in [0.5, 0.6) is 0 Å². The van der Waals surface area contributed by atoms with Crippen molar-refractivity contribution in [3.63, 3.8) is 0 Å². The summed E-state index contributed by atoms with van der Waals surface area (Å²) in [4.78, 5) is 5.40. The summed E-state index contributed by atoms with van der Waals surface area (Å²) in [6.45, 7) is 0. The summed E-state index contributed by atoms with van der Waals surface area (Å²) in [5.41, 5.74) is 10.6. The molecule has 0 amide bonds. The van der Waals surface area contributed by atoms with Crippen LogP contribution >= 0.6 is 0 Å². The van der Waals surface area contributed by atoms with Crippen LogP contribution in [0.2, 0.25) is 0 Å². The molecule has 7 aromatic carbocycles. The van der Waals surface area contributed by atoms with Gasteiger partial charge in [-0.15, -0.1) is 0 Å². The molecule has 0 saturated carbocycles. The van der Waals surface area contributed by atoms with Crippen LogP contribution in [-0.4, -0.2) is 15.1 Å². The summed E-state index contributed by atoms with van der Waals surface area (Å²) in [7, 11) is 0. The first kappa shape index (κ1) is 28.0. The molecule has 1 N–H and O–H groups in total. The minimum Gasteiger partial charge on any atom is -0.456 e. The molecular formula is C46H30N4O. The Bertz CT molecular complexity index is 3040. The number of para-hydroxylation sites is 3. The Hall–Kier alpha value is -6.85. The number of aromatic nitrogens is 2. The number of nitrogens with one attached hydrogen (secondary N) is 1. The number of nitrogens with zero attached hydrogens (tertiary/aromatic N) is 3. The Balaban J connectivity index is 1.28. The van der Waals surface area contributed by atoms with Gasteiger partial charge in [0.2, 0.25) is 5.96 Å². The van der Waals surface area contributed by atoms with Gasteiger partial charge < -0.3 is 14.3 Å². The van der Waals surface area contributed by atoms with E-state index >= 15 is 0 Å². The molecule has 1 atom stereocenters. The van der Waals surface area contributed by atoms with Crippen molar-refractivity contribution in [1.29, 1.82) is 0 Å². The summed E-state index contributed by atoms with van der Waals surface area (Å²) in [6.07, 6.45) is 2.23. The van der Waals surface area contributed by atoms with Gasteiger partial charge in [-0.25, -0.2) is 4.99 Å². The van der Waals surface area contributed by atoms with Gasteiger partial charge in [-0.05, 0) is 60.2 Å². The predicted molar refractivity (Wildman–Crippen MR) is 211 cm³/mol. The molecule has 0 spiro atoms. The number of benzene rings is 7. The van der Waals surface area contributed by atoms with Crippen LogP contribution in [-0.2, 0) is 0 Å². The third-order valence-corrected chi connectivity index (χ3v) is 10.4. The molecule has 0 fully saturated rings. The quantitative estimate of drug-likeness (QED) is 0.206. The highest BCUT2D eigenvalue weighted by molar-refractivity contribution is 6.31. The fourth-order valence-corrected chi connectivity index (χ4v) is 8.11. The summed E-state index contributed by atoms with van der Waals surface area (Å²) in [5.74, 6) is 0.781. The van der Waals surface area contributed by atoms with Crippen LogP contribution in [0.15, 0.2) is 179 Å². The van der Waals surface area contributed by atoms with Crippen LogP contribution in [0.1, 0.15) is 17.2 Å². The second-order valence-corrected chi connectivity index (χ2v) is 13.2. The molecule has 3 aromatic heterocycles. The Labute approximate surface area is 293 Å². The zero-order valence-electron chi connectivity index (χ0n) is 27.5. The van der Waals surface area contributed by atoms with Crippen LogP contribution < -0.4 is 5.32 Å². The molecule has 5 heteroatoms. The standard InChI is InChI=1S/C46H30N4O/c1-4-14-29(15-5-1)36-28-37(30-16-6-2-7-17-30)48-46(47-36)50-40-25-24-39-44(33-21-10-12-22-38(33)49(39)31-18-8-3-9-19-31)45(40)35-27-43-34(26-41(35)50)32-20-11-13-23-42(32)51-43/h1-28,36H,(H,47,48).